The van der Waals surface area contributed by atoms with Gasteiger partial charge in [0.25, 0.3) is 0 Å². The summed E-state index contributed by atoms with van der Waals surface area (Å²) in [5.41, 5.74) is 0.745. The summed E-state index contributed by atoms with van der Waals surface area (Å²) >= 11 is 11.8. The fourth-order valence-electron chi connectivity index (χ4n) is 2.10. The summed E-state index contributed by atoms with van der Waals surface area (Å²) in [5.74, 6) is 0.570. The van der Waals surface area contributed by atoms with Gasteiger partial charge in [-0.15, -0.1) is 11.6 Å². The highest BCUT2D eigenvalue weighted by molar-refractivity contribution is 7.89. The van der Waals surface area contributed by atoms with Gasteiger partial charge < -0.3 is 0 Å². The summed E-state index contributed by atoms with van der Waals surface area (Å²) in [6, 6.07) is 4.93. The second kappa shape index (κ2) is 6.22. The van der Waals surface area contributed by atoms with Crippen LogP contribution in [0.2, 0.25) is 5.02 Å². The van der Waals surface area contributed by atoms with Gasteiger partial charge >= 0.3 is 0 Å². The van der Waals surface area contributed by atoms with Crippen molar-refractivity contribution in [1.29, 1.82) is 0 Å². The molecule has 0 N–H and O–H groups in total. The normalized spacial score (nSPS) is 16.1. The largest absolute Gasteiger partial charge is 0.243 e. The molecule has 1 aromatic carbocycles. The van der Waals surface area contributed by atoms with E-state index in [-0.39, 0.29) is 16.8 Å². The van der Waals surface area contributed by atoms with Crippen LogP contribution < -0.4 is 0 Å². The summed E-state index contributed by atoms with van der Waals surface area (Å²) in [6.45, 7) is 4.59. The molecule has 0 heterocycles. The van der Waals surface area contributed by atoms with Crippen molar-refractivity contribution in [3.05, 3.63) is 28.8 Å². The van der Waals surface area contributed by atoms with E-state index in [2.05, 4.69) is 0 Å². The monoisotopic (exact) mass is 335 g/mol. The molecule has 6 heteroatoms. The number of hydrogen-bond donors (Lipinski definition) is 0. The van der Waals surface area contributed by atoms with Gasteiger partial charge in [0.15, 0.2) is 0 Å². The molecule has 0 aliphatic heterocycles. The van der Waals surface area contributed by atoms with E-state index in [9.17, 15) is 8.42 Å². The Bertz CT molecular complexity index is 583. The van der Waals surface area contributed by atoms with E-state index in [0.29, 0.717) is 17.5 Å². The Kier molecular flexibility index (Phi) is 5.00. The van der Waals surface area contributed by atoms with Crippen molar-refractivity contribution in [3.8, 4) is 0 Å². The number of sulfonamides is 1. The average Bonchev–Trinajstić information content (AvgIpc) is 3.19. The zero-order chi connectivity index (χ0) is 14.9. The highest BCUT2D eigenvalue weighted by Gasteiger charge is 2.38. The van der Waals surface area contributed by atoms with Crippen LogP contribution in [0.4, 0.5) is 0 Å². The van der Waals surface area contributed by atoms with Crippen LogP contribution in [0.25, 0.3) is 0 Å². The van der Waals surface area contributed by atoms with Gasteiger partial charge in [-0.05, 0) is 36.5 Å². The van der Waals surface area contributed by atoms with Crippen molar-refractivity contribution in [2.24, 2.45) is 5.92 Å². The van der Waals surface area contributed by atoms with Crippen molar-refractivity contribution in [1.82, 2.24) is 4.31 Å². The predicted molar refractivity (Wildman–Crippen MR) is 82.8 cm³/mol. The molecule has 0 bridgehead atoms. The van der Waals surface area contributed by atoms with Crippen molar-refractivity contribution in [2.45, 2.75) is 43.5 Å². The molecule has 1 fully saturated rings. The van der Waals surface area contributed by atoms with Crippen LogP contribution >= 0.6 is 23.2 Å². The van der Waals surface area contributed by atoms with E-state index in [1.165, 1.54) is 6.07 Å². The van der Waals surface area contributed by atoms with Gasteiger partial charge in [0.1, 0.15) is 0 Å². The Hall–Kier alpha value is -0.290. The molecule has 0 unspecified atom stereocenters. The molecule has 3 nitrogen and oxygen atoms in total. The lowest BCUT2D eigenvalue weighted by Crippen LogP contribution is -2.36. The number of nitrogens with zero attached hydrogens (tertiary/aromatic N) is 1. The standard InChI is InChI=1S/C14H19Cl2NO2S/c1-10(2)9-17(12-4-5-12)20(18,19)13-6-3-11(8-15)14(16)7-13/h3,6-7,10,12H,4-5,8-9H2,1-2H3. The lowest BCUT2D eigenvalue weighted by molar-refractivity contribution is 0.360. The Morgan fingerprint density at radius 2 is 2.00 bits per heavy atom. The lowest BCUT2D eigenvalue weighted by Gasteiger charge is -2.24. The Morgan fingerprint density at radius 1 is 1.35 bits per heavy atom. The summed E-state index contributed by atoms with van der Waals surface area (Å²) in [5, 5.41) is 0.404. The maximum atomic E-state index is 12.7. The third-order valence-electron chi connectivity index (χ3n) is 3.27. The number of halogens is 2. The molecule has 0 atom stereocenters. The smallest absolute Gasteiger partial charge is 0.207 e. The van der Waals surface area contributed by atoms with Gasteiger partial charge in [-0.3, -0.25) is 0 Å². The van der Waals surface area contributed by atoms with Crippen molar-refractivity contribution < 1.29 is 8.42 Å². The summed E-state index contributed by atoms with van der Waals surface area (Å²) in [4.78, 5) is 0.254. The molecule has 2 rings (SSSR count). The van der Waals surface area contributed by atoms with E-state index in [0.717, 1.165) is 18.4 Å². The van der Waals surface area contributed by atoms with Crippen LogP contribution in [-0.4, -0.2) is 25.3 Å². The first-order valence-electron chi connectivity index (χ1n) is 6.72. The lowest BCUT2D eigenvalue weighted by atomic mass is 10.2. The fraction of sp³-hybridized carbons (Fsp3) is 0.571. The van der Waals surface area contributed by atoms with Gasteiger partial charge in [0.2, 0.25) is 10.0 Å². The number of benzene rings is 1. The molecule has 20 heavy (non-hydrogen) atoms. The topological polar surface area (TPSA) is 37.4 Å². The van der Waals surface area contributed by atoms with Crippen molar-refractivity contribution in [2.75, 3.05) is 6.54 Å². The maximum Gasteiger partial charge on any atom is 0.243 e. The van der Waals surface area contributed by atoms with Crippen molar-refractivity contribution >= 4 is 33.2 Å². The number of alkyl halides is 1. The van der Waals surface area contributed by atoms with E-state index < -0.39 is 10.0 Å². The number of rotatable bonds is 6. The summed E-state index contributed by atoms with van der Waals surface area (Å²) < 4.78 is 27.1. The molecule has 1 aromatic rings. The molecule has 0 spiro atoms. The van der Waals surface area contributed by atoms with Gasteiger partial charge in [-0.1, -0.05) is 31.5 Å². The quantitative estimate of drug-likeness (QED) is 0.739. The van der Waals surface area contributed by atoms with Gasteiger partial charge in [-0.25, -0.2) is 8.42 Å². The van der Waals surface area contributed by atoms with E-state index in [1.54, 1.807) is 16.4 Å². The van der Waals surface area contributed by atoms with Gasteiger partial charge in [0, 0.05) is 23.5 Å². The Labute approximate surface area is 130 Å². The fourth-order valence-corrected chi connectivity index (χ4v) is 4.59. The van der Waals surface area contributed by atoms with Crippen LogP contribution in [0.15, 0.2) is 23.1 Å². The van der Waals surface area contributed by atoms with Crippen LogP contribution in [0.1, 0.15) is 32.3 Å². The molecular weight excluding hydrogens is 317 g/mol. The molecule has 0 radical (unpaired) electrons. The molecule has 1 aliphatic carbocycles. The Morgan fingerprint density at radius 3 is 2.45 bits per heavy atom. The highest BCUT2D eigenvalue weighted by atomic mass is 35.5. The minimum absolute atomic E-state index is 0.147. The Balaban J connectivity index is 2.34. The second-order valence-electron chi connectivity index (χ2n) is 5.59. The van der Waals surface area contributed by atoms with E-state index >= 15 is 0 Å². The first kappa shape index (κ1) is 16.1. The van der Waals surface area contributed by atoms with E-state index in [1.807, 2.05) is 13.8 Å². The maximum absolute atomic E-state index is 12.7. The summed E-state index contributed by atoms with van der Waals surface area (Å²) in [7, 11) is -3.47. The molecule has 0 aromatic heterocycles. The SMILES string of the molecule is CC(C)CN(C1CC1)S(=O)(=O)c1ccc(CCl)c(Cl)c1. The first-order valence-corrected chi connectivity index (χ1v) is 9.07. The average molecular weight is 336 g/mol. The second-order valence-corrected chi connectivity index (χ2v) is 8.15. The molecule has 112 valence electrons. The van der Waals surface area contributed by atoms with Gasteiger partial charge in [0.05, 0.1) is 4.90 Å². The number of hydrogen-bond acceptors (Lipinski definition) is 2. The third-order valence-corrected chi connectivity index (χ3v) is 5.83. The molecular formula is C14H19Cl2NO2S. The molecule has 1 aliphatic rings. The zero-order valence-electron chi connectivity index (χ0n) is 11.6. The summed E-state index contributed by atoms with van der Waals surface area (Å²) in [6.07, 6.45) is 1.89. The van der Waals surface area contributed by atoms with Gasteiger partial charge in [-0.2, -0.15) is 4.31 Å². The van der Waals surface area contributed by atoms with Crippen LogP contribution in [-0.2, 0) is 15.9 Å². The minimum atomic E-state index is -3.47. The van der Waals surface area contributed by atoms with E-state index in [4.69, 9.17) is 23.2 Å². The van der Waals surface area contributed by atoms with Crippen LogP contribution in [0, 0.1) is 5.92 Å². The molecule has 0 amide bonds. The third kappa shape index (κ3) is 3.48. The zero-order valence-corrected chi connectivity index (χ0v) is 14.0. The molecule has 1 saturated carbocycles. The minimum Gasteiger partial charge on any atom is -0.207 e. The van der Waals surface area contributed by atoms with Crippen molar-refractivity contribution in [3.63, 3.8) is 0 Å². The first-order chi connectivity index (χ1) is 9.36. The molecule has 0 saturated heterocycles. The highest BCUT2D eigenvalue weighted by Crippen LogP contribution is 2.33. The van der Waals surface area contributed by atoms with Crippen LogP contribution in [0.3, 0.4) is 0 Å². The van der Waals surface area contributed by atoms with Crippen LogP contribution in [0.5, 0.6) is 0 Å². The predicted octanol–water partition coefficient (Wildman–Crippen LogP) is 3.89.